The van der Waals surface area contributed by atoms with Gasteiger partial charge in [-0.2, -0.15) is 0 Å². The van der Waals surface area contributed by atoms with E-state index in [2.05, 4.69) is 4.99 Å². The van der Waals surface area contributed by atoms with Gasteiger partial charge in [0.15, 0.2) is 0 Å². The van der Waals surface area contributed by atoms with Crippen LogP contribution >= 0.6 is 46.6 Å². The number of hydrogen-bond acceptors (Lipinski definition) is 3. The lowest BCUT2D eigenvalue weighted by atomic mass is 10.2. The number of carbonyl (C=O) groups excluding carboxylic acids is 1. The fourth-order valence-electron chi connectivity index (χ4n) is 2.33. The molecule has 0 fully saturated rings. The minimum Gasteiger partial charge on any atom is -0.277 e. The van der Waals surface area contributed by atoms with Crippen molar-refractivity contribution in [2.75, 3.05) is 11.2 Å². The number of aliphatic imine (C=N–C) groups is 1. The molecule has 0 aromatic heterocycles. The van der Waals surface area contributed by atoms with Gasteiger partial charge in [-0.05, 0) is 42.7 Å². The molecule has 118 valence electrons. The smallest absolute Gasteiger partial charge is 0.238 e. The van der Waals surface area contributed by atoms with E-state index in [-0.39, 0.29) is 12.3 Å². The monoisotopic (exact) mass is 384 g/mol. The molecule has 0 radical (unpaired) electrons. The van der Waals surface area contributed by atoms with Crippen molar-refractivity contribution in [2.45, 2.75) is 6.42 Å². The fourth-order valence-corrected chi connectivity index (χ4v) is 3.45. The summed E-state index contributed by atoms with van der Waals surface area (Å²) in [6.45, 7) is 0. The maximum Gasteiger partial charge on any atom is 0.238 e. The molecule has 1 aliphatic rings. The van der Waals surface area contributed by atoms with Crippen molar-refractivity contribution in [1.29, 1.82) is 0 Å². The van der Waals surface area contributed by atoms with E-state index in [1.807, 2.05) is 6.26 Å². The maximum absolute atomic E-state index is 12.8. The van der Waals surface area contributed by atoms with Crippen molar-refractivity contribution in [2.24, 2.45) is 4.99 Å². The zero-order chi connectivity index (χ0) is 16.6. The van der Waals surface area contributed by atoms with Gasteiger partial charge in [-0.1, -0.05) is 34.8 Å². The van der Waals surface area contributed by atoms with Crippen molar-refractivity contribution in [3.05, 3.63) is 51.5 Å². The first-order valence-corrected chi connectivity index (χ1v) is 9.04. The summed E-state index contributed by atoms with van der Waals surface area (Å²) in [4.78, 5) is 18.9. The predicted molar refractivity (Wildman–Crippen MR) is 100 cm³/mol. The molecule has 2 aromatic carbocycles. The SMILES string of the molecule is CSC1=Nc2ccc(Cl)cc2N(c2ccc(Cl)cc2Cl)C(=O)C1. The van der Waals surface area contributed by atoms with E-state index in [9.17, 15) is 4.79 Å². The zero-order valence-corrected chi connectivity index (χ0v) is 15.1. The number of fused-ring (bicyclic) bond motifs is 1. The normalized spacial score (nSPS) is 14.3. The number of carbonyl (C=O) groups is 1. The van der Waals surface area contributed by atoms with E-state index in [0.29, 0.717) is 32.1 Å². The topological polar surface area (TPSA) is 32.7 Å². The van der Waals surface area contributed by atoms with Gasteiger partial charge in [-0.15, -0.1) is 11.8 Å². The number of rotatable bonds is 1. The molecule has 0 N–H and O–H groups in total. The highest BCUT2D eigenvalue weighted by Crippen LogP contribution is 2.42. The summed E-state index contributed by atoms with van der Waals surface area (Å²) < 4.78 is 0. The van der Waals surface area contributed by atoms with Crippen LogP contribution in [0.25, 0.3) is 0 Å². The third kappa shape index (κ3) is 3.36. The minimum atomic E-state index is -0.122. The summed E-state index contributed by atoms with van der Waals surface area (Å²) >= 11 is 19.8. The molecule has 3 rings (SSSR count). The molecule has 7 heteroatoms. The Kier molecular flexibility index (Phi) is 4.87. The fraction of sp³-hybridized carbons (Fsp3) is 0.125. The molecular formula is C16H11Cl3N2OS. The zero-order valence-electron chi connectivity index (χ0n) is 12.0. The van der Waals surface area contributed by atoms with Crippen LogP contribution in [0.5, 0.6) is 0 Å². The summed E-state index contributed by atoms with van der Waals surface area (Å²) in [6.07, 6.45) is 2.10. The molecule has 0 saturated heterocycles. The van der Waals surface area contributed by atoms with Gasteiger partial charge in [0.05, 0.1) is 33.5 Å². The van der Waals surface area contributed by atoms with Crippen LogP contribution in [0.2, 0.25) is 15.1 Å². The first kappa shape index (κ1) is 16.7. The summed E-state index contributed by atoms with van der Waals surface area (Å²) in [5.41, 5.74) is 1.84. The highest BCUT2D eigenvalue weighted by molar-refractivity contribution is 8.13. The number of thioether (sulfide) groups is 1. The summed E-state index contributed by atoms with van der Waals surface area (Å²) in [6, 6.07) is 10.3. The average molecular weight is 386 g/mol. The molecule has 0 spiro atoms. The lowest BCUT2D eigenvalue weighted by Crippen LogP contribution is -2.26. The average Bonchev–Trinajstić information content (AvgIpc) is 2.64. The number of amides is 1. The van der Waals surface area contributed by atoms with Crippen molar-refractivity contribution in [1.82, 2.24) is 0 Å². The van der Waals surface area contributed by atoms with Crippen LogP contribution in [0.15, 0.2) is 41.4 Å². The molecule has 0 bridgehead atoms. The molecular weight excluding hydrogens is 375 g/mol. The van der Waals surface area contributed by atoms with Crippen LogP contribution in [0, 0.1) is 0 Å². The number of benzene rings is 2. The summed E-state index contributed by atoms with van der Waals surface area (Å²) in [7, 11) is 0. The Morgan fingerprint density at radius 2 is 1.74 bits per heavy atom. The van der Waals surface area contributed by atoms with E-state index >= 15 is 0 Å². The van der Waals surface area contributed by atoms with Crippen molar-refractivity contribution < 1.29 is 4.79 Å². The number of anilines is 2. The van der Waals surface area contributed by atoms with Gasteiger partial charge >= 0.3 is 0 Å². The Balaban J connectivity index is 2.22. The third-order valence-corrected chi connectivity index (χ3v) is 4.84. The first-order valence-electron chi connectivity index (χ1n) is 6.68. The van der Waals surface area contributed by atoms with Gasteiger partial charge in [0, 0.05) is 10.0 Å². The van der Waals surface area contributed by atoms with Gasteiger partial charge in [0.2, 0.25) is 5.91 Å². The highest BCUT2D eigenvalue weighted by atomic mass is 35.5. The van der Waals surface area contributed by atoms with Crippen LogP contribution in [-0.4, -0.2) is 17.2 Å². The molecule has 1 amide bonds. The number of hydrogen-bond donors (Lipinski definition) is 0. The van der Waals surface area contributed by atoms with Crippen LogP contribution < -0.4 is 4.90 Å². The van der Waals surface area contributed by atoms with Crippen LogP contribution in [0.3, 0.4) is 0 Å². The Labute approximate surface area is 153 Å². The number of halogens is 3. The molecule has 3 nitrogen and oxygen atoms in total. The molecule has 0 unspecified atom stereocenters. The maximum atomic E-state index is 12.8. The predicted octanol–water partition coefficient (Wildman–Crippen LogP) is 6.11. The summed E-state index contributed by atoms with van der Waals surface area (Å²) in [5.74, 6) is -0.122. The highest BCUT2D eigenvalue weighted by Gasteiger charge is 2.27. The largest absolute Gasteiger partial charge is 0.277 e. The van der Waals surface area contributed by atoms with Crippen molar-refractivity contribution in [3.8, 4) is 0 Å². The van der Waals surface area contributed by atoms with Crippen molar-refractivity contribution >= 4 is 74.6 Å². The van der Waals surface area contributed by atoms with Gasteiger partial charge in [0.25, 0.3) is 0 Å². The standard InChI is InChI=1S/C16H11Cl3N2OS/c1-23-15-8-16(22)21(13-5-3-9(17)6-11(13)19)14-7-10(18)2-4-12(14)20-15/h2-7H,8H2,1H3. The van der Waals surface area contributed by atoms with Crippen molar-refractivity contribution in [3.63, 3.8) is 0 Å². The Morgan fingerprint density at radius 1 is 1.04 bits per heavy atom. The van der Waals surface area contributed by atoms with Gasteiger partial charge < -0.3 is 0 Å². The van der Waals surface area contributed by atoms with E-state index in [0.717, 1.165) is 5.04 Å². The third-order valence-electron chi connectivity index (χ3n) is 3.36. The number of nitrogens with zero attached hydrogens (tertiary/aromatic N) is 2. The molecule has 0 saturated carbocycles. The van der Waals surface area contributed by atoms with Gasteiger partial charge in [-0.3, -0.25) is 9.69 Å². The molecule has 0 atom stereocenters. The molecule has 23 heavy (non-hydrogen) atoms. The summed E-state index contributed by atoms with van der Waals surface area (Å²) in [5, 5.41) is 2.17. The molecule has 2 aromatic rings. The second kappa shape index (κ2) is 6.73. The second-order valence-corrected chi connectivity index (χ2v) is 7.00. The second-order valence-electron chi connectivity index (χ2n) is 4.84. The van der Waals surface area contributed by atoms with E-state index < -0.39 is 0 Å². The Hall–Kier alpha value is -1.20. The Bertz CT molecular complexity index is 823. The van der Waals surface area contributed by atoms with Crippen LogP contribution in [0.1, 0.15) is 6.42 Å². The van der Waals surface area contributed by atoms with Crippen LogP contribution in [-0.2, 0) is 4.79 Å². The van der Waals surface area contributed by atoms with E-state index in [4.69, 9.17) is 34.8 Å². The quantitative estimate of drug-likeness (QED) is 0.593. The van der Waals surface area contributed by atoms with E-state index in [1.54, 1.807) is 41.3 Å². The van der Waals surface area contributed by atoms with Gasteiger partial charge in [-0.25, -0.2) is 4.99 Å². The minimum absolute atomic E-state index is 0.122. The van der Waals surface area contributed by atoms with Crippen LogP contribution in [0.4, 0.5) is 17.1 Å². The molecule has 0 aliphatic carbocycles. The van der Waals surface area contributed by atoms with Gasteiger partial charge in [0.1, 0.15) is 0 Å². The molecule has 1 aliphatic heterocycles. The molecule has 1 heterocycles. The first-order chi connectivity index (χ1) is 11.0. The lowest BCUT2D eigenvalue weighted by molar-refractivity contribution is -0.116. The lowest BCUT2D eigenvalue weighted by Gasteiger charge is -2.24. The Morgan fingerprint density at radius 3 is 2.43 bits per heavy atom. The van der Waals surface area contributed by atoms with E-state index in [1.165, 1.54) is 11.8 Å².